The average Bonchev–Trinajstić information content (AvgIpc) is 3.72. The molecule has 5 rings (SSSR count). The predicted molar refractivity (Wildman–Crippen MR) is 155 cm³/mol. The van der Waals surface area contributed by atoms with Gasteiger partial charge in [-0.15, -0.1) is 11.8 Å². The molecule has 0 radical (unpaired) electrons. The maximum atomic E-state index is 13.4. The minimum atomic E-state index is -1.59. The van der Waals surface area contributed by atoms with Gasteiger partial charge in [-0.2, -0.15) is 9.36 Å². The van der Waals surface area contributed by atoms with Crippen LogP contribution >= 0.6 is 23.3 Å². The molecular weight excluding hydrogens is 639 g/mol. The van der Waals surface area contributed by atoms with Gasteiger partial charge in [0.1, 0.15) is 11.4 Å². The first-order chi connectivity index (χ1) is 21.0. The normalized spacial score (nSPS) is 24.3. The quantitative estimate of drug-likeness (QED) is 0.0405. The molecule has 0 unspecified atom stereocenters. The summed E-state index contributed by atoms with van der Waals surface area (Å²) in [7, 11) is 0. The van der Waals surface area contributed by atoms with Crippen LogP contribution in [0.4, 0.5) is 5.13 Å². The van der Waals surface area contributed by atoms with Gasteiger partial charge in [0.05, 0.1) is 18.3 Å². The van der Waals surface area contributed by atoms with Crippen molar-refractivity contribution in [2.24, 2.45) is 5.16 Å². The van der Waals surface area contributed by atoms with Crippen LogP contribution in [0.3, 0.4) is 0 Å². The number of aliphatic carboxylic acids is 1. The molecule has 3 amide bonds. The number of hydrogen-bond donors (Lipinski definition) is 3. The number of allylic oxidation sites excluding steroid dienone is 1. The minimum absolute atomic E-state index is 0. The number of aromatic nitrogens is 2. The number of ether oxygens (including phenoxy) is 1. The largest absolute Gasteiger partial charge is 1.00 e. The molecule has 3 fully saturated rings. The molecule has 0 bridgehead atoms. The summed E-state index contributed by atoms with van der Waals surface area (Å²) >= 11 is 1.99. The number of β-lactam (4-membered cyclic amide) rings is 1. The number of nitrogen functional groups attached to an aromatic ring is 1. The maximum absolute atomic E-state index is 13.4. The van der Waals surface area contributed by atoms with Crippen molar-refractivity contribution < 1.29 is 68.6 Å². The fraction of sp³-hybridized carbons (Fsp3) is 0.462. The average molecular weight is 669 g/mol. The molecule has 1 aromatic heterocycles. The van der Waals surface area contributed by atoms with E-state index in [0.29, 0.717) is 50.2 Å². The van der Waals surface area contributed by atoms with E-state index in [4.69, 9.17) is 10.5 Å². The minimum Gasteiger partial charge on any atom is -0.543 e. The van der Waals surface area contributed by atoms with Crippen molar-refractivity contribution in [2.75, 3.05) is 44.3 Å². The molecule has 4 aliphatic heterocycles. The Balaban J connectivity index is 0.00000461. The second kappa shape index (κ2) is 14.4. The van der Waals surface area contributed by atoms with Crippen molar-refractivity contribution in [3.8, 4) is 0 Å². The van der Waals surface area contributed by atoms with Gasteiger partial charge in [0, 0.05) is 60.7 Å². The molecule has 3 saturated heterocycles. The number of fused-ring (bicyclic) bond motifs is 1. The molecule has 3 atom stereocenters. The summed E-state index contributed by atoms with van der Waals surface area (Å²) in [5, 5.41) is 26.1. The zero-order valence-corrected chi connectivity index (χ0v) is 28.2. The zero-order valence-electron chi connectivity index (χ0n) is 24.6. The third-order valence-electron chi connectivity index (χ3n) is 7.62. The topological polar surface area (TPSA) is 224 Å². The van der Waals surface area contributed by atoms with Crippen molar-refractivity contribution >= 4 is 63.8 Å². The summed E-state index contributed by atoms with van der Waals surface area (Å²) in [6.07, 6.45) is 2.62. The van der Waals surface area contributed by atoms with Crippen LogP contribution in [0.5, 0.6) is 0 Å². The van der Waals surface area contributed by atoms with Crippen LogP contribution in [0, 0.1) is 0 Å². The molecule has 0 aromatic carbocycles. The number of nitrogens with two attached hydrogens (primary N) is 1. The second-order valence-electron chi connectivity index (χ2n) is 10.3. The molecule has 0 aliphatic carbocycles. The Hall–Kier alpha value is -3.29. The SMILES string of the molecule is C=C(CN1CC[C@@H](N2CC/C(=C\C3=C(C(=O)[O-])N4C(=O)[C@@H](NC(=O)/C(=N\O)c5nsc(N)n5)[C@H]4SC3)C2=O)C1)C(=O)OCC.[Na+]. The van der Waals surface area contributed by atoms with Crippen LogP contribution in [0.1, 0.15) is 25.6 Å². The number of rotatable bonds is 10. The first kappa shape index (κ1) is 34.6. The Labute approximate surface area is 287 Å². The Morgan fingerprint density at radius 2 is 2.07 bits per heavy atom. The zero-order chi connectivity index (χ0) is 31.7. The first-order valence-corrected chi connectivity index (χ1v) is 15.5. The van der Waals surface area contributed by atoms with Gasteiger partial charge in [-0.1, -0.05) is 11.7 Å². The molecule has 0 saturated carbocycles. The summed E-state index contributed by atoms with van der Waals surface area (Å²) in [5.74, 6) is -3.98. The van der Waals surface area contributed by atoms with E-state index in [1.54, 1.807) is 11.8 Å². The van der Waals surface area contributed by atoms with Crippen molar-refractivity contribution in [1.82, 2.24) is 29.4 Å². The Morgan fingerprint density at radius 3 is 2.71 bits per heavy atom. The van der Waals surface area contributed by atoms with E-state index in [2.05, 4.69) is 26.4 Å². The number of carboxylic acids is 1. The third-order valence-corrected chi connectivity index (χ3v) is 9.46. The van der Waals surface area contributed by atoms with Crippen LogP contribution in [0.2, 0.25) is 0 Å². The number of amides is 3. The van der Waals surface area contributed by atoms with Crippen LogP contribution in [0.15, 0.2) is 40.2 Å². The van der Waals surface area contributed by atoms with Gasteiger partial charge in [-0.3, -0.25) is 24.2 Å². The molecule has 19 heteroatoms. The fourth-order valence-corrected chi connectivity index (χ4v) is 7.32. The molecule has 16 nitrogen and oxygen atoms in total. The van der Waals surface area contributed by atoms with Crippen molar-refractivity contribution in [1.29, 1.82) is 0 Å². The third kappa shape index (κ3) is 6.95. The predicted octanol–water partition coefficient (Wildman–Crippen LogP) is -4.94. The van der Waals surface area contributed by atoms with Gasteiger partial charge in [0.2, 0.25) is 17.4 Å². The molecule has 4 aliphatic rings. The number of esters is 1. The number of carbonyl (C=O) groups is 5. The van der Waals surface area contributed by atoms with Gasteiger partial charge in [-0.05, 0) is 31.4 Å². The van der Waals surface area contributed by atoms with Crippen LogP contribution in [0.25, 0.3) is 0 Å². The Morgan fingerprint density at radius 1 is 1.31 bits per heavy atom. The van der Waals surface area contributed by atoms with Crippen LogP contribution < -0.4 is 45.7 Å². The van der Waals surface area contributed by atoms with Crippen molar-refractivity contribution in [3.05, 3.63) is 40.9 Å². The second-order valence-corrected chi connectivity index (χ2v) is 12.2. The number of oxime groups is 1. The van der Waals surface area contributed by atoms with E-state index in [0.717, 1.165) is 16.4 Å². The summed E-state index contributed by atoms with van der Waals surface area (Å²) in [4.78, 5) is 71.8. The van der Waals surface area contributed by atoms with Gasteiger partial charge < -0.3 is 35.8 Å². The molecule has 234 valence electrons. The summed E-state index contributed by atoms with van der Waals surface area (Å²) < 4.78 is 8.81. The fourth-order valence-electron chi connectivity index (χ4n) is 5.58. The van der Waals surface area contributed by atoms with Crippen LogP contribution in [-0.4, -0.2) is 121 Å². The molecule has 4 N–H and O–H groups in total. The number of likely N-dealkylation sites (tertiary alicyclic amines) is 2. The first-order valence-electron chi connectivity index (χ1n) is 13.6. The smallest absolute Gasteiger partial charge is 0.543 e. The Kier molecular flexibility index (Phi) is 11.1. The van der Waals surface area contributed by atoms with Gasteiger partial charge in [-0.25, -0.2) is 4.79 Å². The Bertz CT molecular complexity index is 1530. The molecule has 5 heterocycles. The summed E-state index contributed by atoms with van der Waals surface area (Å²) in [6.45, 7) is 7.82. The van der Waals surface area contributed by atoms with Gasteiger partial charge >= 0.3 is 35.5 Å². The number of thioether (sulfide) groups is 1. The molecule has 45 heavy (non-hydrogen) atoms. The van der Waals surface area contributed by atoms with E-state index in [1.165, 1.54) is 17.8 Å². The van der Waals surface area contributed by atoms with Gasteiger partial charge in [0.15, 0.2) is 5.13 Å². The number of anilines is 1. The summed E-state index contributed by atoms with van der Waals surface area (Å²) in [5.41, 5.74) is 5.63. The number of carbonyl (C=O) groups excluding carboxylic acids is 5. The van der Waals surface area contributed by atoms with E-state index >= 15 is 0 Å². The standard InChI is InChI=1S/C26H30N8O8S2.Na/c1-3-42-25(40)12(2)9-32-6-5-15(10-32)33-7-4-13(21(33)36)8-14-11-43-23-17(22(37)34(23)18(14)24(38)39)28-20(35)16(30-41)19-29-26(27)44-31-19;/h8,15,17,23,41H,2-7,9-11H2,1H3,(H,28,35)(H,38,39)(H2,27,29,31);/q;+1/p-1/b13-8+,30-16-;/t15-,17-,23-;/m1./s1. The van der Waals surface area contributed by atoms with Gasteiger partial charge in [0.25, 0.3) is 11.8 Å². The monoisotopic (exact) mass is 668 g/mol. The van der Waals surface area contributed by atoms with Crippen LogP contribution in [-0.2, 0) is 28.7 Å². The van der Waals surface area contributed by atoms with E-state index in [-0.39, 0.29) is 76.1 Å². The number of nitrogens with zero attached hydrogens (tertiary/aromatic N) is 6. The number of nitrogens with one attached hydrogen (secondary N) is 1. The molecule has 1 aromatic rings. The maximum Gasteiger partial charge on any atom is 1.00 e. The van der Waals surface area contributed by atoms with E-state index in [9.17, 15) is 34.3 Å². The van der Waals surface area contributed by atoms with Crippen molar-refractivity contribution in [2.45, 2.75) is 37.2 Å². The number of hydrogen-bond acceptors (Lipinski definition) is 15. The van der Waals surface area contributed by atoms with E-state index < -0.39 is 40.9 Å². The van der Waals surface area contributed by atoms with E-state index in [1.807, 2.05) is 4.90 Å². The molecular formula is C26H29N8NaO8S2. The number of carboxylic acid groups (broad SMARTS) is 1. The summed E-state index contributed by atoms with van der Waals surface area (Å²) in [6, 6.07) is -1.19. The molecule has 0 spiro atoms. The van der Waals surface area contributed by atoms with Crippen molar-refractivity contribution in [3.63, 3.8) is 0 Å².